The maximum atomic E-state index is 11.9. The summed E-state index contributed by atoms with van der Waals surface area (Å²) < 4.78 is 0.180. The average Bonchev–Trinajstić information content (AvgIpc) is 2.62. The number of nitrogens with one attached hydrogen (secondary N) is 1. The number of rotatable bonds is 4. The Labute approximate surface area is 115 Å². The van der Waals surface area contributed by atoms with Crippen LogP contribution in [-0.4, -0.2) is 48.0 Å². The minimum absolute atomic E-state index is 0. The lowest BCUT2D eigenvalue weighted by Crippen LogP contribution is -2.32. The van der Waals surface area contributed by atoms with Gasteiger partial charge in [-0.25, -0.2) is 0 Å². The zero-order chi connectivity index (χ0) is 12.2. The van der Waals surface area contributed by atoms with Crippen molar-refractivity contribution in [2.45, 2.75) is 31.9 Å². The van der Waals surface area contributed by atoms with Gasteiger partial charge in [0.25, 0.3) is 0 Å². The van der Waals surface area contributed by atoms with Crippen LogP contribution in [0.2, 0.25) is 0 Å². The first kappa shape index (κ1) is 17.1. The Kier molecular flexibility index (Phi) is 7.52. The van der Waals surface area contributed by atoms with Gasteiger partial charge in [-0.2, -0.15) is 0 Å². The van der Waals surface area contributed by atoms with Crippen molar-refractivity contribution in [3.8, 4) is 0 Å². The molecule has 102 valence electrons. The summed E-state index contributed by atoms with van der Waals surface area (Å²) in [7, 11) is 1.97. The number of carbonyl (C=O) groups excluding carboxylic acids is 1. The van der Waals surface area contributed by atoms with E-state index in [1.165, 1.54) is 0 Å². The lowest BCUT2D eigenvalue weighted by molar-refractivity contribution is -0.127. The molecule has 0 aromatic carbocycles. The van der Waals surface area contributed by atoms with Crippen LogP contribution >= 0.6 is 24.2 Å². The zero-order valence-electron chi connectivity index (χ0n) is 11.3. The molecule has 0 radical (unpaired) electrons. The Hall–Kier alpha value is 0.0700. The van der Waals surface area contributed by atoms with Crippen LogP contribution in [0, 0.1) is 5.92 Å². The van der Waals surface area contributed by atoms with Gasteiger partial charge in [0.1, 0.15) is 0 Å². The molecule has 1 amide bonds. The lowest BCUT2D eigenvalue weighted by Gasteiger charge is -2.21. The number of amides is 1. The Morgan fingerprint density at radius 3 is 2.65 bits per heavy atom. The van der Waals surface area contributed by atoms with Crippen molar-refractivity contribution in [2.24, 2.45) is 5.92 Å². The third-order valence-electron chi connectivity index (χ3n) is 2.76. The van der Waals surface area contributed by atoms with E-state index in [-0.39, 0.29) is 17.2 Å². The summed E-state index contributed by atoms with van der Waals surface area (Å²) in [5.41, 5.74) is 0. The number of likely N-dealkylation sites (tertiary alicyclic amines) is 1. The molecule has 0 saturated carbocycles. The van der Waals surface area contributed by atoms with Gasteiger partial charge < -0.3 is 10.2 Å². The molecular formula is C12H25ClN2OS. The summed E-state index contributed by atoms with van der Waals surface area (Å²) in [6.45, 7) is 9.35. The average molecular weight is 281 g/mol. The summed E-state index contributed by atoms with van der Waals surface area (Å²) in [4.78, 5) is 13.9. The lowest BCUT2D eigenvalue weighted by atomic mass is 10.1. The van der Waals surface area contributed by atoms with Crippen LogP contribution in [0.5, 0.6) is 0 Å². The van der Waals surface area contributed by atoms with E-state index in [1.807, 2.05) is 11.9 Å². The summed E-state index contributed by atoms with van der Waals surface area (Å²) >= 11 is 1.74. The summed E-state index contributed by atoms with van der Waals surface area (Å²) in [6.07, 6.45) is 1.15. The molecule has 0 spiro atoms. The number of halogens is 1. The Bertz CT molecular complexity index is 243. The molecule has 3 nitrogen and oxygen atoms in total. The van der Waals surface area contributed by atoms with Crippen molar-refractivity contribution >= 4 is 30.1 Å². The van der Waals surface area contributed by atoms with Crippen LogP contribution in [0.4, 0.5) is 0 Å². The molecule has 5 heteroatoms. The molecule has 1 heterocycles. The number of carbonyl (C=O) groups is 1. The molecule has 0 aliphatic carbocycles. The summed E-state index contributed by atoms with van der Waals surface area (Å²) in [6, 6.07) is 0. The summed E-state index contributed by atoms with van der Waals surface area (Å²) in [5, 5.41) is 3.18. The van der Waals surface area contributed by atoms with Crippen molar-refractivity contribution < 1.29 is 4.79 Å². The maximum Gasteiger partial charge on any atom is 0.232 e. The van der Waals surface area contributed by atoms with Gasteiger partial charge in [0.15, 0.2) is 0 Å². The highest BCUT2D eigenvalue weighted by Crippen LogP contribution is 2.24. The van der Waals surface area contributed by atoms with Crippen LogP contribution in [-0.2, 0) is 4.79 Å². The molecule has 0 aromatic rings. The van der Waals surface area contributed by atoms with Crippen molar-refractivity contribution in [1.82, 2.24) is 10.2 Å². The van der Waals surface area contributed by atoms with E-state index in [0.717, 1.165) is 26.1 Å². The Balaban J connectivity index is 0.00000256. The fraction of sp³-hybridized carbons (Fsp3) is 0.917. The van der Waals surface area contributed by atoms with E-state index < -0.39 is 0 Å². The molecule has 1 unspecified atom stereocenters. The van der Waals surface area contributed by atoms with Crippen LogP contribution in [0.25, 0.3) is 0 Å². The van der Waals surface area contributed by atoms with Gasteiger partial charge in [0.2, 0.25) is 5.91 Å². The largest absolute Gasteiger partial charge is 0.342 e. The zero-order valence-corrected chi connectivity index (χ0v) is 12.9. The normalized spacial score (nSPS) is 20.2. The van der Waals surface area contributed by atoms with E-state index in [2.05, 4.69) is 26.1 Å². The number of thioether (sulfide) groups is 1. The fourth-order valence-electron chi connectivity index (χ4n) is 1.88. The molecule has 1 rings (SSSR count). The first-order valence-corrected chi connectivity index (χ1v) is 6.97. The molecule has 1 fully saturated rings. The maximum absolute atomic E-state index is 11.9. The van der Waals surface area contributed by atoms with E-state index in [9.17, 15) is 4.79 Å². The van der Waals surface area contributed by atoms with Gasteiger partial charge in [-0.05, 0) is 25.9 Å². The molecule has 1 N–H and O–H groups in total. The third kappa shape index (κ3) is 6.53. The van der Waals surface area contributed by atoms with Crippen LogP contribution in [0.15, 0.2) is 0 Å². The predicted octanol–water partition coefficient (Wildman–Crippen LogP) is 2.01. The second-order valence-corrected chi connectivity index (χ2v) is 7.26. The second-order valence-electron chi connectivity index (χ2n) is 5.45. The molecule has 1 saturated heterocycles. The van der Waals surface area contributed by atoms with Crippen LogP contribution in [0.3, 0.4) is 0 Å². The molecule has 0 aromatic heterocycles. The quantitative estimate of drug-likeness (QED) is 0.855. The summed E-state index contributed by atoms with van der Waals surface area (Å²) in [5.74, 6) is 1.57. The SMILES string of the molecule is CNCC1CCN(C(=O)CSC(C)(C)C)C1.Cl. The van der Waals surface area contributed by atoms with Crippen molar-refractivity contribution in [3.05, 3.63) is 0 Å². The third-order valence-corrected chi connectivity index (χ3v) is 4.02. The number of hydrogen-bond acceptors (Lipinski definition) is 3. The molecule has 1 aliphatic rings. The number of hydrogen-bond donors (Lipinski definition) is 1. The van der Waals surface area contributed by atoms with Gasteiger partial charge in [0, 0.05) is 17.8 Å². The Morgan fingerprint density at radius 1 is 1.47 bits per heavy atom. The smallest absolute Gasteiger partial charge is 0.232 e. The van der Waals surface area contributed by atoms with Gasteiger partial charge in [-0.15, -0.1) is 24.2 Å². The van der Waals surface area contributed by atoms with E-state index in [0.29, 0.717) is 17.6 Å². The van der Waals surface area contributed by atoms with Crippen molar-refractivity contribution in [3.63, 3.8) is 0 Å². The highest BCUT2D eigenvalue weighted by Gasteiger charge is 2.26. The molecule has 1 aliphatic heterocycles. The van der Waals surface area contributed by atoms with Crippen molar-refractivity contribution in [2.75, 3.05) is 32.4 Å². The topological polar surface area (TPSA) is 32.3 Å². The first-order chi connectivity index (χ1) is 7.42. The Morgan fingerprint density at radius 2 is 2.12 bits per heavy atom. The van der Waals surface area contributed by atoms with Gasteiger partial charge >= 0.3 is 0 Å². The molecular weight excluding hydrogens is 256 g/mol. The number of nitrogens with zero attached hydrogens (tertiary/aromatic N) is 1. The van der Waals surface area contributed by atoms with Crippen molar-refractivity contribution in [1.29, 1.82) is 0 Å². The highest BCUT2D eigenvalue weighted by molar-refractivity contribution is 8.01. The molecule has 1 atom stereocenters. The van der Waals surface area contributed by atoms with Crippen LogP contribution in [0.1, 0.15) is 27.2 Å². The van der Waals surface area contributed by atoms with Gasteiger partial charge in [0.05, 0.1) is 5.75 Å². The second kappa shape index (κ2) is 7.49. The fourth-order valence-corrected chi connectivity index (χ4v) is 2.62. The minimum atomic E-state index is 0. The predicted molar refractivity (Wildman–Crippen MR) is 78.1 cm³/mol. The first-order valence-electron chi connectivity index (χ1n) is 5.98. The monoisotopic (exact) mass is 280 g/mol. The standard InChI is InChI=1S/C12H24N2OS.ClH/c1-12(2,3)16-9-11(15)14-6-5-10(8-14)7-13-4;/h10,13H,5-9H2,1-4H3;1H. The van der Waals surface area contributed by atoms with E-state index >= 15 is 0 Å². The van der Waals surface area contributed by atoms with E-state index in [4.69, 9.17) is 0 Å². The molecule has 17 heavy (non-hydrogen) atoms. The molecule has 0 bridgehead atoms. The van der Waals surface area contributed by atoms with Crippen LogP contribution < -0.4 is 5.32 Å². The van der Waals surface area contributed by atoms with Gasteiger partial charge in [-0.1, -0.05) is 20.8 Å². The van der Waals surface area contributed by atoms with E-state index in [1.54, 1.807) is 11.8 Å². The highest BCUT2D eigenvalue weighted by atomic mass is 35.5. The minimum Gasteiger partial charge on any atom is -0.342 e. The van der Waals surface area contributed by atoms with Gasteiger partial charge in [-0.3, -0.25) is 4.79 Å².